The quantitative estimate of drug-likeness (QED) is 0.474. The molecule has 0 bridgehead atoms. The van der Waals surface area contributed by atoms with Crippen LogP contribution in [-0.2, 0) is 14.4 Å². The summed E-state index contributed by atoms with van der Waals surface area (Å²) >= 11 is 3.52. The molecule has 32 heavy (non-hydrogen) atoms. The lowest BCUT2D eigenvalue weighted by Crippen LogP contribution is -2.37. The van der Waals surface area contributed by atoms with Crippen LogP contribution in [0.3, 0.4) is 0 Å². The third kappa shape index (κ3) is 3.47. The Hall–Kier alpha value is -3.16. The molecule has 0 saturated carbocycles. The van der Waals surface area contributed by atoms with Gasteiger partial charge in [0.1, 0.15) is 11.7 Å². The highest BCUT2D eigenvalue weighted by Crippen LogP contribution is 2.47. The van der Waals surface area contributed by atoms with Crippen molar-refractivity contribution < 1.29 is 19.2 Å². The first kappa shape index (κ1) is 20.7. The van der Waals surface area contributed by atoms with E-state index in [1.165, 1.54) is 4.90 Å². The third-order valence-electron chi connectivity index (χ3n) is 5.72. The lowest BCUT2D eigenvalue weighted by molar-refractivity contribution is -0.126. The predicted octanol–water partition coefficient (Wildman–Crippen LogP) is 4.90. The molecule has 0 spiro atoms. The van der Waals surface area contributed by atoms with Crippen molar-refractivity contribution in [3.05, 3.63) is 88.9 Å². The molecule has 6 nitrogen and oxygen atoms in total. The molecule has 3 atom stereocenters. The van der Waals surface area contributed by atoms with E-state index in [4.69, 9.17) is 9.57 Å². The van der Waals surface area contributed by atoms with Crippen LogP contribution in [0.4, 0.5) is 11.4 Å². The Morgan fingerprint density at radius 2 is 1.66 bits per heavy atom. The van der Waals surface area contributed by atoms with Crippen LogP contribution in [0.5, 0.6) is 5.75 Å². The zero-order chi connectivity index (χ0) is 22.2. The van der Waals surface area contributed by atoms with E-state index >= 15 is 0 Å². The molecule has 2 aliphatic heterocycles. The number of hydrogen-bond acceptors (Lipinski definition) is 5. The topological polar surface area (TPSA) is 59.1 Å². The highest BCUT2D eigenvalue weighted by molar-refractivity contribution is 9.10. The molecule has 0 unspecified atom stereocenters. The molecule has 2 fully saturated rings. The van der Waals surface area contributed by atoms with Crippen molar-refractivity contribution in [3.8, 4) is 5.75 Å². The Balaban J connectivity index is 1.54. The monoisotopic (exact) mass is 492 g/mol. The van der Waals surface area contributed by atoms with Crippen molar-refractivity contribution in [3.63, 3.8) is 0 Å². The molecule has 0 N–H and O–H groups in total. The highest BCUT2D eigenvalue weighted by atomic mass is 79.9. The second kappa shape index (κ2) is 8.41. The number of amides is 2. The molecule has 2 aliphatic rings. The van der Waals surface area contributed by atoms with Crippen LogP contribution in [0.25, 0.3) is 0 Å². The average molecular weight is 493 g/mol. The first-order valence-electron chi connectivity index (χ1n) is 10.5. The Morgan fingerprint density at radius 1 is 0.906 bits per heavy atom. The van der Waals surface area contributed by atoms with Gasteiger partial charge < -0.3 is 4.74 Å². The van der Waals surface area contributed by atoms with Crippen LogP contribution in [0, 0.1) is 5.92 Å². The fourth-order valence-corrected chi connectivity index (χ4v) is 4.77. The predicted molar refractivity (Wildman–Crippen MR) is 124 cm³/mol. The number of ether oxygens (including phenoxy) is 1. The van der Waals surface area contributed by atoms with E-state index in [0.29, 0.717) is 18.0 Å². The van der Waals surface area contributed by atoms with E-state index in [1.54, 1.807) is 29.3 Å². The van der Waals surface area contributed by atoms with Crippen molar-refractivity contribution in [2.24, 2.45) is 5.92 Å². The first-order valence-corrected chi connectivity index (χ1v) is 11.2. The van der Waals surface area contributed by atoms with Crippen LogP contribution in [0.2, 0.25) is 0 Å². The largest absolute Gasteiger partial charge is 0.494 e. The summed E-state index contributed by atoms with van der Waals surface area (Å²) in [5.41, 5.74) is 2.20. The summed E-state index contributed by atoms with van der Waals surface area (Å²) in [6.45, 7) is 2.45. The van der Waals surface area contributed by atoms with E-state index in [1.807, 2.05) is 61.5 Å². The Bertz CT molecular complexity index is 1150. The van der Waals surface area contributed by atoms with Gasteiger partial charge in [-0.3, -0.25) is 14.4 Å². The molecular weight excluding hydrogens is 472 g/mol. The third-order valence-corrected chi connectivity index (χ3v) is 6.22. The minimum Gasteiger partial charge on any atom is -0.494 e. The standard InChI is InChI=1S/C25H21BrN2O4/c1-2-31-20-13-11-18(12-14-20)27-24(29)21-22(16-7-6-8-17(26)15-16)28(32-23(21)25(27)30)19-9-4-3-5-10-19/h3-15,21-23H,2H2,1H3/t21-,22+,23-/m1/s1. The van der Waals surface area contributed by atoms with Crippen LogP contribution < -0.4 is 14.7 Å². The summed E-state index contributed by atoms with van der Waals surface area (Å²) in [6, 6.07) is 23.8. The van der Waals surface area contributed by atoms with Crippen molar-refractivity contribution >= 4 is 39.1 Å². The van der Waals surface area contributed by atoms with E-state index in [9.17, 15) is 9.59 Å². The number of nitrogens with zero attached hydrogens (tertiary/aromatic N) is 2. The zero-order valence-electron chi connectivity index (χ0n) is 17.4. The molecule has 162 valence electrons. The molecule has 0 radical (unpaired) electrons. The van der Waals surface area contributed by atoms with E-state index in [2.05, 4.69) is 15.9 Å². The number of para-hydroxylation sites is 1. The van der Waals surface area contributed by atoms with Crippen LogP contribution in [0.15, 0.2) is 83.3 Å². The number of rotatable bonds is 5. The molecule has 3 aromatic rings. The Morgan fingerprint density at radius 3 is 2.34 bits per heavy atom. The van der Waals surface area contributed by atoms with Gasteiger partial charge in [-0.25, -0.2) is 9.96 Å². The number of imide groups is 1. The van der Waals surface area contributed by atoms with Crippen molar-refractivity contribution in [2.45, 2.75) is 19.1 Å². The molecule has 7 heteroatoms. The number of halogens is 1. The fraction of sp³-hybridized carbons (Fsp3) is 0.200. The maximum Gasteiger partial charge on any atom is 0.266 e. The van der Waals surface area contributed by atoms with E-state index < -0.39 is 18.1 Å². The molecule has 3 aromatic carbocycles. The number of carbonyl (C=O) groups is 2. The van der Waals surface area contributed by atoms with Gasteiger partial charge >= 0.3 is 0 Å². The number of hydroxylamine groups is 1. The van der Waals surface area contributed by atoms with Gasteiger partial charge in [-0.2, -0.15) is 0 Å². The van der Waals surface area contributed by atoms with Crippen LogP contribution in [-0.4, -0.2) is 24.5 Å². The molecule has 2 heterocycles. The van der Waals surface area contributed by atoms with Gasteiger partial charge in [-0.05, 0) is 61.0 Å². The average Bonchev–Trinajstić information content (AvgIpc) is 3.31. The minimum absolute atomic E-state index is 0.271. The van der Waals surface area contributed by atoms with E-state index in [0.717, 1.165) is 15.7 Å². The maximum absolute atomic E-state index is 13.6. The Kier molecular flexibility index (Phi) is 5.45. The van der Waals surface area contributed by atoms with Crippen molar-refractivity contribution in [2.75, 3.05) is 16.6 Å². The number of hydrogen-bond donors (Lipinski definition) is 0. The van der Waals surface area contributed by atoms with Crippen LogP contribution in [0.1, 0.15) is 18.5 Å². The zero-order valence-corrected chi connectivity index (χ0v) is 18.9. The summed E-state index contributed by atoms with van der Waals surface area (Å²) in [6.07, 6.45) is -0.891. The normalized spacial score (nSPS) is 22.4. The Labute approximate surface area is 194 Å². The number of fused-ring (bicyclic) bond motifs is 1. The summed E-state index contributed by atoms with van der Waals surface area (Å²) in [5.74, 6) is -0.604. The summed E-state index contributed by atoms with van der Waals surface area (Å²) in [7, 11) is 0. The van der Waals surface area contributed by atoms with E-state index in [-0.39, 0.29) is 11.8 Å². The molecule has 0 aliphatic carbocycles. The minimum atomic E-state index is -0.891. The van der Waals surface area contributed by atoms with Gasteiger partial charge in [0.05, 0.1) is 24.0 Å². The number of anilines is 2. The second-order valence-electron chi connectivity index (χ2n) is 7.65. The van der Waals surface area contributed by atoms with Crippen molar-refractivity contribution in [1.82, 2.24) is 0 Å². The first-order chi connectivity index (χ1) is 15.6. The van der Waals surface area contributed by atoms with Gasteiger partial charge in [0, 0.05) is 4.47 Å². The SMILES string of the molecule is CCOc1ccc(N2C(=O)[C@H]3[C@@H](ON(c4ccccc4)[C@H]3c3cccc(Br)c3)C2=O)cc1. The highest BCUT2D eigenvalue weighted by Gasteiger charge is 2.60. The van der Waals surface area contributed by atoms with Crippen LogP contribution >= 0.6 is 15.9 Å². The molecular formula is C25H21BrN2O4. The molecule has 0 aromatic heterocycles. The molecule has 5 rings (SSSR count). The molecule has 2 amide bonds. The fourth-order valence-electron chi connectivity index (χ4n) is 4.36. The van der Waals surface area contributed by atoms with Gasteiger partial charge in [0.25, 0.3) is 5.91 Å². The lowest BCUT2D eigenvalue weighted by Gasteiger charge is -2.28. The summed E-state index contributed by atoms with van der Waals surface area (Å²) in [5, 5.41) is 1.70. The summed E-state index contributed by atoms with van der Waals surface area (Å²) in [4.78, 5) is 34.3. The number of benzene rings is 3. The van der Waals surface area contributed by atoms with Gasteiger partial charge in [-0.15, -0.1) is 0 Å². The van der Waals surface area contributed by atoms with Gasteiger partial charge in [0.2, 0.25) is 5.91 Å². The molecule has 2 saturated heterocycles. The number of carbonyl (C=O) groups excluding carboxylic acids is 2. The van der Waals surface area contributed by atoms with Gasteiger partial charge in [0.15, 0.2) is 6.10 Å². The maximum atomic E-state index is 13.6. The van der Waals surface area contributed by atoms with Crippen molar-refractivity contribution in [1.29, 1.82) is 0 Å². The summed E-state index contributed by atoms with van der Waals surface area (Å²) < 4.78 is 6.37. The lowest BCUT2D eigenvalue weighted by atomic mass is 9.90. The second-order valence-corrected chi connectivity index (χ2v) is 8.57. The smallest absolute Gasteiger partial charge is 0.266 e. The van der Waals surface area contributed by atoms with Gasteiger partial charge in [-0.1, -0.05) is 46.3 Å².